The molecule has 92 valence electrons. The lowest BCUT2D eigenvalue weighted by Crippen LogP contribution is -2.17. The molecular weight excluding hydrogens is 242 g/mol. The summed E-state index contributed by atoms with van der Waals surface area (Å²) in [7, 11) is 0. The highest BCUT2D eigenvalue weighted by Crippen LogP contribution is 2.32. The maximum atomic E-state index is 10.9. The van der Waals surface area contributed by atoms with E-state index in [4.69, 9.17) is 11.6 Å². The second kappa shape index (κ2) is 5.33. The predicted molar refractivity (Wildman–Crippen MR) is 67.6 cm³/mol. The summed E-state index contributed by atoms with van der Waals surface area (Å²) in [5.41, 5.74) is 0.453. The maximum Gasteiger partial charge on any atom is 0.310 e. The highest BCUT2D eigenvalue weighted by Gasteiger charge is 2.20. The normalized spacial score (nSPS) is 19.2. The molecule has 2 rings (SSSR count). The molecule has 0 amide bonds. The van der Waals surface area contributed by atoms with Crippen LogP contribution in [-0.4, -0.2) is 24.6 Å². The van der Waals surface area contributed by atoms with E-state index in [-0.39, 0.29) is 10.7 Å². The van der Waals surface area contributed by atoms with Crippen LogP contribution in [0, 0.1) is 16.0 Å². The van der Waals surface area contributed by atoms with E-state index in [1.165, 1.54) is 6.07 Å². The van der Waals surface area contributed by atoms with Crippen LogP contribution in [0.2, 0.25) is 5.02 Å². The molecule has 1 saturated heterocycles. The number of nitrogens with zero attached hydrogens (tertiary/aromatic N) is 1. The van der Waals surface area contributed by atoms with E-state index in [1.807, 2.05) is 0 Å². The molecule has 1 aliphatic rings. The minimum Gasteiger partial charge on any atom is -0.379 e. The van der Waals surface area contributed by atoms with Gasteiger partial charge in [0.25, 0.3) is 0 Å². The zero-order valence-corrected chi connectivity index (χ0v) is 10.0. The van der Waals surface area contributed by atoms with Gasteiger partial charge in [-0.15, -0.1) is 0 Å². The number of halogens is 1. The molecule has 5 nitrogen and oxygen atoms in total. The number of nitro groups is 1. The fraction of sp³-hybridized carbons (Fsp3) is 0.455. The lowest BCUT2D eigenvalue weighted by molar-refractivity contribution is -0.383. The fourth-order valence-electron chi connectivity index (χ4n) is 1.99. The van der Waals surface area contributed by atoms with Crippen molar-refractivity contribution in [2.24, 2.45) is 5.92 Å². The Labute approximate surface area is 104 Å². The van der Waals surface area contributed by atoms with Gasteiger partial charge >= 0.3 is 5.69 Å². The molecular formula is C11H14ClN3O2. The molecule has 1 heterocycles. The van der Waals surface area contributed by atoms with Crippen LogP contribution in [0.3, 0.4) is 0 Å². The monoisotopic (exact) mass is 255 g/mol. The summed E-state index contributed by atoms with van der Waals surface area (Å²) >= 11 is 5.83. The first kappa shape index (κ1) is 12.1. The molecule has 0 aliphatic carbocycles. The molecule has 0 aromatic heterocycles. The Balaban J connectivity index is 2.09. The Morgan fingerprint density at radius 2 is 2.41 bits per heavy atom. The van der Waals surface area contributed by atoms with Crippen molar-refractivity contribution in [2.75, 3.05) is 25.0 Å². The maximum absolute atomic E-state index is 10.9. The largest absolute Gasteiger partial charge is 0.379 e. The van der Waals surface area contributed by atoms with Gasteiger partial charge in [-0.3, -0.25) is 10.1 Å². The van der Waals surface area contributed by atoms with Gasteiger partial charge in [-0.2, -0.15) is 0 Å². The molecule has 1 aliphatic heterocycles. The van der Waals surface area contributed by atoms with Crippen LogP contribution in [0.25, 0.3) is 0 Å². The number of nitrogens with one attached hydrogen (secondary N) is 2. The van der Waals surface area contributed by atoms with Gasteiger partial charge in [0, 0.05) is 6.54 Å². The van der Waals surface area contributed by atoms with E-state index in [0.29, 0.717) is 11.6 Å². The third-order valence-electron chi connectivity index (χ3n) is 2.91. The quantitative estimate of drug-likeness (QED) is 0.640. The van der Waals surface area contributed by atoms with Gasteiger partial charge in [0.2, 0.25) is 0 Å². The second-order valence-corrected chi connectivity index (χ2v) is 4.54. The van der Waals surface area contributed by atoms with Crippen LogP contribution < -0.4 is 10.6 Å². The molecule has 0 spiro atoms. The van der Waals surface area contributed by atoms with Crippen molar-refractivity contribution in [3.8, 4) is 0 Å². The molecule has 17 heavy (non-hydrogen) atoms. The summed E-state index contributed by atoms with van der Waals surface area (Å²) in [6.45, 7) is 2.71. The number of nitro benzene ring substituents is 1. The van der Waals surface area contributed by atoms with Crippen LogP contribution in [0.5, 0.6) is 0 Å². The van der Waals surface area contributed by atoms with Crippen molar-refractivity contribution in [2.45, 2.75) is 6.42 Å². The fourth-order valence-corrected chi connectivity index (χ4v) is 2.23. The number of rotatable bonds is 4. The Morgan fingerprint density at radius 3 is 3.06 bits per heavy atom. The summed E-state index contributed by atoms with van der Waals surface area (Å²) in [5.74, 6) is 0.522. The van der Waals surface area contributed by atoms with Crippen LogP contribution >= 0.6 is 11.6 Å². The van der Waals surface area contributed by atoms with E-state index in [0.717, 1.165) is 26.1 Å². The van der Waals surface area contributed by atoms with Crippen molar-refractivity contribution in [1.29, 1.82) is 0 Å². The number of para-hydroxylation sites is 1. The summed E-state index contributed by atoms with van der Waals surface area (Å²) in [6.07, 6.45) is 1.10. The lowest BCUT2D eigenvalue weighted by Gasteiger charge is -2.11. The Kier molecular flexibility index (Phi) is 3.81. The van der Waals surface area contributed by atoms with Crippen molar-refractivity contribution in [1.82, 2.24) is 5.32 Å². The molecule has 0 bridgehead atoms. The van der Waals surface area contributed by atoms with Crippen molar-refractivity contribution >= 4 is 23.0 Å². The lowest BCUT2D eigenvalue weighted by atomic mass is 10.1. The molecule has 1 aromatic rings. The van der Waals surface area contributed by atoms with Gasteiger partial charge in [0.05, 0.1) is 4.92 Å². The first-order valence-electron chi connectivity index (χ1n) is 5.56. The topological polar surface area (TPSA) is 67.2 Å². The molecule has 0 radical (unpaired) electrons. The van der Waals surface area contributed by atoms with E-state index >= 15 is 0 Å². The third-order valence-corrected chi connectivity index (χ3v) is 3.22. The van der Waals surface area contributed by atoms with Crippen LogP contribution in [-0.2, 0) is 0 Å². The van der Waals surface area contributed by atoms with Gasteiger partial charge in [-0.05, 0) is 37.6 Å². The highest BCUT2D eigenvalue weighted by molar-refractivity contribution is 6.33. The third kappa shape index (κ3) is 2.87. The zero-order valence-electron chi connectivity index (χ0n) is 9.28. The summed E-state index contributed by atoms with van der Waals surface area (Å²) in [5, 5.41) is 17.4. The van der Waals surface area contributed by atoms with Crippen molar-refractivity contribution in [3.05, 3.63) is 33.3 Å². The van der Waals surface area contributed by atoms with Crippen molar-refractivity contribution < 1.29 is 4.92 Å². The minimum atomic E-state index is -0.447. The molecule has 0 saturated carbocycles. The predicted octanol–water partition coefficient (Wildman–Crippen LogP) is 2.27. The smallest absolute Gasteiger partial charge is 0.310 e. The second-order valence-electron chi connectivity index (χ2n) is 4.13. The van der Waals surface area contributed by atoms with E-state index in [9.17, 15) is 10.1 Å². The number of hydrogen-bond acceptors (Lipinski definition) is 4. The number of benzene rings is 1. The standard InChI is InChI=1S/C11H14ClN3O2/c12-9-2-1-3-10(11(9)15(16)17)14-7-8-4-5-13-6-8/h1-3,8,13-14H,4-7H2. The number of hydrogen-bond donors (Lipinski definition) is 2. The Bertz CT molecular complexity index is 419. The van der Waals surface area contributed by atoms with Crippen LogP contribution in [0.15, 0.2) is 18.2 Å². The summed E-state index contributed by atoms with van der Waals surface area (Å²) in [4.78, 5) is 10.5. The van der Waals surface area contributed by atoms with Gasteiger partial charge in [-0.25, -0.2) is 0 Å². The minimum absolute atomic E-state index is 0.0416. The zero-order chi connectivity index (χ0) is 12.3. The molecule has 1 atom stereocenters. The van der Waals surface area contributed by atoms with Gasteiger partial charge < -0.3 is 10.6 Å². The average Bonchev–Trinajstić information content (AvgIpc) is 2.78. The van der Waals surface area contributed by atoms with Gasteiger partial charge in [0.1, 0.15) is 10.7 Å². The first-order chi connectivity index (χ1) is 8.18. The SMILES string of the molecule is O=[N+]([O-])c1c(Cl)cccc1NCC1CCNC1. The molecule has 2 N–H and O–H groups in total. The molecule has 1 fully saturated rings. The molecule has 6 heteroatoms. The van der Waals surface area contributed by atoms with Gasteiger partial charge in [0.15, 0.2) is 0 Å². The van der Waals surface area contributed by atoms with E-state index in [2.05, 4.69) is 10.6 Å². The van der Waals surface area contributed by atoms with Crippen molar-refractivity contribution in [3.63, 3.8) is 0 Å². The van der Waals surface area contributed by atoms with E-state index in [1.54, 1.807) is 12.1 Å². The van der Waals surface area contributed by atoms with Crippen LogP contribution in [0.4, 0.5) is 11.4 Å². The first-order valence-corrected chi connectivity index (χ1v) is 5.94. The van der Waals surface area contributed by atoms with Crippen LogP contribution in [0.1, 0.15) is 6.42 Å². The Hall–Kier alpha value is -1.33. The highest BCUT2D eigenvalue weighted by atomic mass is 35.5. The van der Waals surface area contributed by atoms with Gasteiger partial charge in [-0.1, -0.05) is 17.7 Å². The Morgan fingerprint density at radius 1 is 1.59 bits per heavy atom. The van der Waals surface area contributed by atoms with E-state index < -0.39 is 4.92 Å². The molecule has 1 unspecified atom stereocenters. The summed E-state index contributed by atoms with van der Waals surface area (Å²) in [6, 6.07) is 4.93. The molecule has 1 aromatic carbocycles. The average molecular weight is 256 g/mol. The number of anilines is 1. The summed E-state index contributed by atoms with van der Waals surface area (Å²) < 4.78 is 0.